The van der Waals surface area contributed by atoms with Crippen LogP contribution in [0.25, 0.3) is 0 Å². The lowest BCUT2D eigenvalue weighted by Gasteiger charge is -2.30. The van der Waals surface area contributed by atoms with Crippen molar-refractivity contribution < 1.29 is 19.1 Å². The molecule has 0 aliphatic carbocycles. The molecule has 7 heteroatoms. The van der Waals surface area contributed by atoms with E-state index < -0.39 is 12.0 Å². The average Bonchev–Trinajstić information content (AvgIpc) is 3.30. The van der Waals surface area contributed by atoms with Gasteiger partial charge in [-0.2, -0.15) is 0 Å². The maximum atomic E-state index is 13.5. The van der Waals surface area contributed by atoms with Crippen molar-refractivity contribution in [3.8, 4) is 0 Å². The number of hydrogen-bond acceptors (Lipinski definition) is 5. The number of ketones is 1. The molecule has 0 N–H and O–H groups in total. The molecule has 0 saturated carbocycles. The number of aromatic nitrogens is 1. The first-order valence-electron chi connectivity index (χ1n) is 9.82. The fraction of sp³-hybridized carbons (Fsp3) is 0.500. The summed E-state index contributed by atoms with van der Waals surface area (Å²) < 4.78 is 6.72. The van der Waals surface area contributed by atoms with Crippen LogP contribution in [-0.4, -0.2) is 46.8 Å². The van der Waals surface area contributed by atoms with Crippen LogP contribution in [0.5, 0.6) is 0 Å². The summed E-state index contributed by atoms with van der Waals surface area (Å²) in [5.41, 5.74) is 2.20. The number of esters is 1. The maximum Gasteiger partial charge on any atom is 0.354 e. The van der Waals surface area contributed by atoms with Gasteiger partial charge in [-0.25, -0.2) is 4.79 Å². The minimum absolute atomic E-state index is 0.145. The molecule has 0 saturated heterocycles. The molecule has 2 aromatic heterocycles. The van der Waals surface area contributed by atoms with Gasteiger partial charge in [0.25, 0.3) is 5.91 Å². The van der Waals surface area contributed by atoms with Crippen molar-refractivity contribution in [2.75, 3.05) is 13.7 Å². The Balaban J connectivity index is 2.49. The van der Waals surface area contributed by atoms with Crippen molar-refractivity contribution in [1.82, 2.24) is 9.47 Å². The van der Waals surface area contributed by atoms with E-state index >= 15 is 0 Å². The van der Waals surface area contributed by atoms with E-state index in [2.05, 4.69) is 0 Å². The summed E-state index contributed by atoms with van der Waals surface area (Å²) in [5.74, 6) is -0.564. The Morgan fingerprint density at radius 2 is 1.86 bits per heavy atom. The molecule has 0 fully saturated rings. The van der Waals surface area contributed by atoms with E-state index in [1.807, 2.05) is 39.1 Å². The number of Topliss-reactive ketones (excluding diaryl/α,β-unsaturated/α-hetero) is 1. The fourth-order valence-corrected chi connectivity index (χ4v) is 4.39. The summed E-state index contributed by atoms with van der Waals surface area (Å²) in [6.07, 6.45) is 0. The highest BCUT2D eigenvalue weighted by Crippen LogP contribution is 2.26. The van der Waals surface area contributed by atoms with Crippen molar-refractivity contribution in [2.45, 2.75) is 54.1 Å². The van der Waals surface area contributed by atoms with E-state index in [9.17, 15) is 14.4 Å². The molecular weight excluding hydrogens is 388 g/mol. The largest absolute Gasteiger partial charge is 0.464 e. The van der Waals surface area contributed by atoms with E-state index in [0.29, 0.717) is 34.8 Å². The summed E-state index contributed by atoms with van der Waals surface area (Å²) in [4.78, 5) is 41.1. The van der Waals surface area contributed by atoms with Gasteiger partial charge in [-0.05, 0) is 50.6 Å². The minimum Gasteiger partial charge on any atom is -0.464 e. The third-order valence-corrected chi connectivity index (χ3v) is 5.97. The lowest BCUT2D eigenvalue weighted by molar-refractivity contribution is 0.0586. The average molecular weight is 419 g/mol. The van der Waals surface area contributed by atoms with Crippen molar-refractivity contribution in [2.24, 2.45) is 5.92 Å². The highest BCUT2D eigenvalue weighted by Gasteiger charge is 2.33. The summed E-state index contributed by atoms with van der Waals surface area (Å²) in [6, 6.07) is 2.95. The Morgan fingerprint density at radius 3 is 2.34 bits per heavy atom. The molecule has 2 aromatic rings. The van der Waals surface area contributed by atoms with Gasteiger partial charge >= 0.3 is 5.97 Å². The Morgan fingerprint density at radius 1 is 1.21 bits per heavy atom. The Hall–Kier alpha value is -2.41. The van der Waals surface area contributed by atoms with E-state index in [-0.39, 0.29) is 17.6 Å². The number of methoxy groups -OCH3 is 1. The number of hydrogen-bond donors (Lipinski definition) is 0. The van der Waals surface area contributed by atoms with Crippen LogP contribution < -0.4 is 0 Å². The topological polar surface area (TPSA) is 68.6 Å². The molecule has 0 aromatic carbocycles. The first-order chi connectivity index (χ1) is 13.6. The first kappa shape index (κ1) is 22.9. The second kappa shape index (κ2) is 9.39. The monoisotopic (exact) mass is 418 g/mol. The molecular formula is C22H30N2O4S. The molecule has 158 valence electrons. The number of carbonyl (C=O) groups excluding carboxylic acids is 3. The summed E-state index contributed by atoms with van der Waals surface area (Å²) in [6.45, 7) is 12.3. The van der Waals surface area contributed by atoms with Gasteiger partial charge in [0.15, 0.2) is 5.78 Å². The molecule has 1 amide bonds. The number of carbonyl (C=O) groups is 3. The summed E-state index contributed by atoms with van der Waals surface area (Å²) >= 11 is 1.37. The van der Waals surface area contributed by atoms with Crippen LogP contribution in [-0.2, 0) is 11.3 Å². The van der Waals surface area contributed by atoms with Crippen LogP contribution in [0.2, 0.25) is 0 Å². The minimum atomic E-state index is -0.650. The predicted molar refractivity (Wildman–Crippen MR) is 115 cm³/mol. The highest BCUT2D eigenvalue weighted by atomic mass is 32.1. The molecule has 0 aliphatic heterocycles. The summed E-state index contributed by atoms with van der Waals surface area (Å²) in [7, 11) is 1.33. The maximum absolute atomic E-state index is 13.5. The van der Waals surface area contributed by atoms with Crippen LogP contribution in [0.1, 0.15) is 69.5 Å². The molecule has 1 unspecified atom stereocenters. The van der Waals surface area contributed by atoms with Crippen molar-refractivity contribution >= 4 is 29.0 Å². The fourth-order valence-electron chi connectivity index (χ4n) is 3.72. The third-order valence-electron chi connectivity index (χ3n) is 5.11. The number of ether oxygens (including phenoxy) is 1. The molecule has 6 nitrogen and oxygen atoms in total. The van der Waals surface area contributed by atoms with Crippen LogP contribution in [0, 0.1) is 19.8 Å². The van der Waals surface area contributed by atoms with Gasteiger partial charge in [-0.15, -0.1) is 11.3 Å². The predicted octanol–water partition coefficient (Wildman–Crippen LogP) is 4.34. The van der Waals surface area contributed by atoms with Gasteiger partial charge in [-0.1, -0.05) is 19.9 Å². The van der Waals surface area contributed by atoms with Gasteiger partial charge in [0, 0.05) is 24.3 Å². The quantitative estimate of drug-likeness (QED) is 0.472. The van der Waals surface area contributed by atoms with Crippen LogP contribution in [0.3, 0.4) is 0 Å². The number of thiophene rings is 1. The second-order valence-electron chi connectivity index (χ2n) is 7.54. The van der Waals surface area contributed by atoms with Crippen LogP contribution in [0.4, 0.5) is 0 Å². The van der Waals surface area contributed by atoms with E-state index in [1.165, 1.54) is 18.4 Å². The van der Waals surface area contributed by atoms with Crippen molar-refractivity contribution in [1.29, 1.82) is 0 Å². The molecule has 0 radical (unpaired) electrons. The molecule has 29 heavy (non-hydrogen) atoms. The SMILES string of the molecule is CCn1c(C)c(C(=O)C(C)N(CC(C)C)C(=O)c2cccs2)c(C)c1C(=O)OC. The van der Waals surface area contributed by atoms with E-state index in [1.54, 1.807) is 29.4 Å². The van der Waals surface area contributed by atoms with Gasteiger partial charge in [0.05, 0.1) is 18.0 Å². The Kier molecular flexibility index (Phi) is 7.41. The second-order valence-corrected chi connectivity index (χ2v) is 8.49. The van der Waals surface area contributed by atoms with Crippen LogP contribution in [0.15, 0.2) is 17.5 Å². The standard InChI is InChI=1S/C22H30N2O4S/c1-8-23-15(5)18(14(4)19(23)22(27)28-7)20(25)16(6)24(12-13(2)3)21(26)17-10-9-11-29-17/h9-11,13,16H,8,12H2,1-7H3. The van der Waals surface area contributed by atoms with E-state index in [0.717, 1.165) is 5.69 Å². The van der Waals surface area contributed by atoms with E-state index in [4.69, 9.17) is 4.74 Å². The molecule has 2 heterocycles. The first-order valence-corrected chi connectivity index (χ1v) is 10.7. The zero-order chi connectivity index (χ0) is 21.9. The molecule has 0 bridgehead atoms. The molecule has 0 aliphatic rings. The normalized spacial score (nSPS) is 12.1. The summed E-state index contributed by atoms with van der Waals surface area (Å²) in [5, 5.41) is 1.85. The zero-order valence-corrected chi connectivity index (χ0v) is 19.1. The van der Waals surface area contributed by atoms with Crippen LogP contribution >= 0.6 is 11.3 Å². The number of amides is 1. The van der Waals surface area contributed by atoms with Gasteiger partial charge in [0.1, 0.15) is 5.69 Å². The Bertz CT molecular complexity index is 897. The van der Waals surface area contributed by atoms with Crippen molar-refractivity contribution in [3.63, 3.8) is 0 Å². The highest BCUT2D eigenvalue weighted by molar-refractivity contribution is 7.12. The number of nitrogens with zero attached hydrogens (tertiary/aromatic N) is 2. The van der Waals surface area contributed by atoms with Crippen molar-refractivity contribution in [3.05, 3.63) is 44.9 Å². The lowest BCUT2D eigenvalue weighted by Crippen LogP contribution is -2.45. The molecule has 2 rings (SSSR count). The van der Waals surface area contributed by atoms with Gasteiger partial charge in [0.2, 0.25) is 0 Å². The van der Waals surface area contributed by atoms with Gasteiger partial charge < -0.3 is 14.2 Å². The number of rotatable bonds is 8. The zero-order valence-electron chi connectivity index (χ0n) is 18.2. The molecule has 1 atom stereocenters. The lowest BCUT2D eigenvalue weighted by atomic mass is 9.99. The third kappa shape index (κ3) is 4.45. The smallest absolute Gasteiger partial charge is 0.354 e. The molecule has 0 spiro atoms. The Labute approximate surface area is 176 Å². The van der Waals surface area contributed by atoms with Gasteiger partial charge in [-0.3, -0.25) is 9.59 Å².